The van der Waals surface area contributed by atoms with E-state index >= 15 is 0 Å². The Hall–Kier alpha value is -1.17. The zero-order valence-electron chi connectivity index (χ0n) is 12.3. The van der Waals surface area contributed by atoms with Gasteiger partial charge in [-0.1, -0.05) is 0 Å². The van der Waals surface area contributed by atoms with Crippen LogP contribution in [0.5, 0.6) is 5.88 Å². The van der Waals surface area contributed by atoms with Gasteiger partial charge in [-0.05, 0) is 51.4 Å². The van der Waals surface area contributed by atoms with E-state index in [1.54, 1.807) is 18.3 Å². The number of likely N-dealkylation sites (tertiary alicyclic amines) is 1. The van der Waals surface area contributed by atoms with Gasteiger partial charge in [0.1, 0.15) is 0 Å². The molecule has 1 fully saturated rings. The van der Waals surface area contributed by atoms with Crippen molar-refractivity contribution < 1.29 is 9.84 Å². The van der Waals surface area contributed by atoms with E-state index < -0.39 is 6.10 Å². The molecule has 2 unspecified atom stereocenters. The molecule has 2 heterocycles. The van der Waals surface area contributed by atoms with E-state index in [-0.39, 0.29) is 12.1 Å². The van der Waals surface area contributed by atoms with Crippen molar-refractivity contribution in [3.05, 3.63) is 23.9 Å². The molecule has 2 rings (SSSR count). The summed E-state index contributed by atoms with van der Waals surface area (Å²) in [5.74, 6) is 0.532. The van der Waals surface area contributed by atoms with Crippen LogP contribution in [0.4, 0.5) is 0 Å². The quantitative estimate of drug-likeness (QED) is 0.822. The highest BCUT2D eigenvalue weighted by Crippen LogP contribution is 2.21. The van der Waals surface area contributed by atoms with Gasteiger partial charge in [0, 0.05) is 24.8 Å². The summed E-state index contributed by atoms with van der Waals surface area (Å²) in [6, 6.07) is 3.28. The highest BCUT2D eigenvalue weighted by molar-refractivity contribution is 5.23. The molecule has 0 aromatic carbocycles. The number of nitrogens with two attached hydrogens (primary N) is 1. The zero-order chi connectivity index (χ0) is 14.5. The summed E-state index contributed by atoms with van der Waals surface area (Å²) in [7, 11) is 0. The minimum Gasteiger partial charge on any atom is -0.475 e. The molecule has 0 bridgehead atoms. The maximum atomic E-state index is 10.4. The van der Waals surface area contributed by atoms with Gasteiger partial charge in [0.2, 0.25) is 5.88 Å². The van der Waals surface area contributed by atoms with Gasteiger partial charge in [0.15, 0.2) is 0 Å². The lowest BCUT2D eigenvalue weighted by Gasteiger charge is -2.24. The van der Waals surface area contributed by atoms with Crippen molar-refractivity contribution in [2.24, 2.45) is 5.73 Å². The molecule has 20 heavy (non-hydrogen) atoms. The fraction of sp³-hybridized carbons (Fsp3) is 0.667. The number of aliphatic hydroxyl groups excluding tert-OH is 1. The number of hydrogen-bond acceptors (Lipinski definition) is 5. The average molecular weight is 279 g/mol. The van der Waals surface area contributed by atoms with E-state index in [9.17, 15) is 5.11 Å². The van der Waals surface area contributed by atoms with Crippen LogP contribution in [0.25, 0.3) is 0 Å². The molecule has 3 N–H and O–H groups in total. The summed E-state index contributed by atoms with van der Waals surface area (Å²) in [6.07, 6.45) is 3.48. The largest absolute Gasteiger partial charge is 0.475 e. The summed E-state index contributed by atoms with van der Waals surface area (Å²) in [4.78, 5) is 6.45. The Bertz CT molecular complexity index is 419. The second kappa shape index (κ2) is 7.02. The first-order valence-corrected chi connectivity index (χ1v) is 7.35. The van der Waals surface area contributed by atoms with Gasteiger partial charge in [-0.3, -0.25) is 0 Å². The topological polar surface area (TPSA) is 71.6 Å². The van der Waals surface area contributed by atoms with Crippen molar-refractivity contribution in [1.82, 2.24) is 9.88 Å². The molecule has 1 aliphatic rings. The summed E-state index contributed by atoms with van der Waals surface area (Å²) < 4.78 is 5.54. The van der Waals surface area contributed by atoms with Crippen molar-refractivity contribution in [2.75, 3.05) is 19.6 Å². The fourth-order valence-corrected chi connectivity index (χ4v) is 2.53. The summed E-state index contributed by atoms with van der Waals surface area (Å²) in [6.45, 7) is 6.79. The van der Waals surface area contributed by atoms with Crippen LogP contribution in [-0.4, -0.2) is 46.8 Å². The van der Waals surface area contributed by atoms with Gasteiger partial charge >= 0.3 is 0 Å². The van der Waals surface area contributed by atoms with Crippen LogP contribution in [0.2, 0.25) is 0 Å². The number of aromatic nitrogens is 1. The summed E-state index contributed by atoms with van der Waals surface area (Å²) in [5.41, 5.74) is 6.89. The molecule has 0 aliphatic carbocycles. The first-order chi connectivity index (χ1) is 9.56. The van der Waals surface area contributed by atoms with Crippen LogP contribution in [0.1, 0.15) is 38.4 Å². The lowest BCUT2D eigenvalue weighted by atomic mass is 10.0. The maximum Gasteiger partial charge on any atom is 0.213 e. The molecule has 1 aromatic heterocycles. The first kappa shape index (κ1) is 15.2. The lowest BCUT2D eigenvalue weighted by Crippen LogP contribution is -2.40. The van der Waals surface area contributed by atoms with Crippen LogP contribution in [0.3, 0.4) is 0 Å². The highest BCUT2D eigenvalue weighted by atomic mass is 16.5. The molecule has 0 amide bonds. The number of hydrogen-bond donors (Lipinski definition) is 2. The molecule has 5 heteroatoms. The van der Waals surface area contributed by atoms with Crippen LogP contribution >= 0.6 is 0 Å². The van der Waals surface area contributed by atoms with Crippen molar-refractivity contribution in [3.8, 4) is 5.88 Å². The molecule has 1 aliphatic heterocycles. The van der Waals surface area contributed by atoms with E-state index in [1.165, 1.54) is 12.8 Å². The van der Waals surface area contributed by atoms with E-state index in [0.717, 1.165) is 25.2 Å². The van der Waals surface area contributed by atoms with Gasteiger partial charge in [-0.15, -0.1) is 0 Å². The SMILES string of the molecule is CC(C)Oc1cc(C(O)C(N)CN2CCCC2)ccn1. The lowest BCUT2D eigenvalue weighted by molar-refractivity contribution is 0.124. The molecule has 0 saturated carbocycles. The normalized spacial score (nSPS) is 19.2. The van der Waals surface area contributed by atoms with Crippen LogP contribution in [-0.2, 0) is 0 Å². The Morgan fingerprint density at radius 1 is 1.40 bits per heavy atom. The van der Waals surface area contributed by atoms with Gasteiger partial charge < -0.3 is 20.5 Å². The smallest absolute Gasteiger partial charge is 0.213 e. The Morgan fingerprint density at radius 3 is 2.75 bits per heavy atom. The fourth-order valence-electron chi connectivity index (χ4n) is 2.53. The maximum absolute atomic E-state index is 10.4. The third-order valence-corrected chi connectivity index (χ3v) is 3.53. The minimum atomic E-state index is -0.687. The van der Waals surface area contributed by atoms with Crippen LogP contribution in [0, 0.1) is 0 Å². The van der Waals surface area contributed by atoms with Crippen molar-refractivity contribution in [3.63, 3.8) is 0 Å². The molecule has 112 valence electrons. The summed E-state index contributed by atoms with van der Waals surface area (Å²) in [5, 5.41) is 10.4. The Morgan fingerprint density at radius 2 is 2.10 bits per heavy atom. The predicted octanol–water partition coefficient (Wildman–Crippen LogP) is 1.33. The van der Waals surface area contributed by atoms with E-state index in [2.05, 4.69) is 9.88 Å². The first-order valence-electron chi connectivity index (χ1n) is 7.35. The third-order valence-electron chi connectivity index (χ3n) is 3.53. The van der Waals surface area contributed by atoms with Crippen molar-refractivity contribution >= 4 is 0 Å². The van der Waals surface area contributed by atoms with Crippen molar-refractivity contribution in [1.29, 1.82) is 0 Å². The number of nitrogens with zero attached hydrogens (tertiary/aromatic N) is 2. The van der Waals surface area contributed by atoms with Gasteiger partial charge in [0.25, 0.3) is 0 Å². The van der Waals surface area contributed by atoms with Crippen LogP contribution in [0.15, 0.2) is 18.3 Å². The number of aliphatic hydroxyl groups is 1. The van der Waals surface area contributed by atoms with E-state index in [1.807, 2.05) is 13.8 Å². The highest BCUT2D eigenvalue weighted by Gasteiger charge is 2.22. The van der Waals surface area contributed by atoms with Crippen molar-refractivity contribution in [2.45, 2.75) is 44.9 Å². The summed E-state index contributed by atoms with van der Waals surface area (Å²) >= 11 is 0. The van der Waals surface area contributed by atoms with Crippen LogP contribution < -0.4 is 10.5 Å². The van der Waals surface area contributed by atoms with Gasteiger partial charge in [0.05, 0.1) is 12.2 Å². The number of ether oxygens (including phenoxy) is 1. The third kappa shape index (κ3) is 4.16. The number of pyridine rings is 1. The molecule has 2 atom stereocenters. The molecule has 0 spiro atoms. The molecule has 1 aromatic rings. The average Bonchev–Trinajstić information content (AvgIpc) is 2.90. The van der Waals surface area contributed by atoms with E-state index in [0.29, 0.717) is 5.88 Å². The Balaban J connectivity index is 1.97. The molecule has 0 radical (unpaired) electrons. The molecular weight excluding hydrogens is 254 g/mol. The standard InChI is InChI=1S/C15H25N3O2/c1-11(2)20-14-9-12(5-6-17-14)15(19)13(16)10-18-7-3-4-8-18/h5-6,9,11,13,15,19H,3-4,7-8,10,16H2,1-2H3. The van der Waals surface area contributed by atoms with Gasteiger partial charge in [-0.2, -0.15) is 0 Å². The number of rotatable bonds is 6. The second-order valence-electron chi connectivity index (χ2n) is 5.71. The zero-order valence-corrected chi connectivity index (χ0v) is 12.3. The minimum absolute atomic E-state index is 0.0631. The predicted molar refractivity (Wildman–Crippen MR) is 78.6 cm³/mol. The molecule has 5 nitrogen and oxygen atoms in total. The second-order valence-corrected chi connectivity index (χ2v) is 5.71. The molecular formula is C15H25N3O2. The Labute approximate surface area is 120 Å². The monoisotopic (exact) mass is 279 g/mol. The Kier molecular flexibility index (Phi) is 5.34. The molecule has 1 saturated heterocycles. The van der Waals surface area contributed by atoms with E-state index in [4.69, 9.17) is 10.5 Å². The van der Waals surface area contributed by atoms with Gasteiger partial charge in [-0.25, -0.2) is 4.98 Å².